The molecule has 1 aromatic rings. The highest BCUT2D eigenvalue weighted by Gasteiger charge is 2.08. The molecule has 0 bridgehead atoms. The molecule has 0 fully saturated rings. The van der Waals surface area contributed by atoms with Crippen LogP contribution in [0.2, 0.25) is 0 Å². The summed E-state index contributed by atoms with van der Waals surface area (Å²) in [6.07, 6.45) is 0. The predicted molar refractivity (Wildman–Crippen MR) is 66.1 cm³/mol. The molecule has 0 saturated carbocycles. The van der Waals surface area contributed by atoms with E-state index in [1.54, 1.807) is 14.2 Å². The third-order valence-corrected chi connectivity index (χ3v) is 2.76. The van der Waals surface area contributed by atoms with E-state index in [0.29, 0.717) is 6.04 Å². The van der Waals surface area contributed by atoms with Crippen LogP contribution in [0.3, 0.4) is 0 Å². The quantitative estimate of drug-likeness (QED) is 0.765. The van der Waals surface area contributed by atoms with Crippen LogP contribution < -0.4 is 9.47 Å². The van der Waals surface area contributed by atoms with Crippen molar-refractivity contribution < 1.29 is 9.47 Å². The summed E-state index contributed by atoms with van der Waals surface area (Å²) in [6.45, 7) is 5.28. The van der Waals surface area contributed by atoms with Crippen molar-refractivity contribution in [3.8, 4) is 11.5 Å². The van der Waals surface area contributed by atoms with Gasteiger partial charge in [-0.3, -0.25) is 4.90 Å². The van der Waals surface area contributed by atoms with Crippen molar-refractivity contribution in [2.75, 3.05) is 21.3 Å². The van der Waals surface area contributed by atoms with Gasteiger partial charge >= 0.3 is 0 Å². The summed E-state index contributed by atoms with van der Waals surface area (Å²) in [5.74, 6) is 1.57. The maximum absolute atomic E-state index is 5.28. The molecule has 3 nitrogen and oxygen atoms in total. The second-order valence-corrected chi connectivity index (χ2v) is 4.20. The van der Waals surface area contributed by atoms with E-state index in [1.165, 1.54) is 5.56 Å². The number of methoxy groups -OCH3 is 2. The first-order chi connectivity index (χ1) is 7.58. The second-order valence-electron chi connectivity index (χ2n) is 4.20. The van der Waals surface area contributed by atoms with Crippen LogP contribution in [0.15, 0.2) is 18.2 Å². The van der Waals surface area contributed by atoms with Crippen molar-refractivity contribution in [2.45, 2.75) is 26.4 Å². The Kier molecular flexibility index (Phi) is 4.62. The molecule has 16 heavy (non-hydrogen) atoms. The van der Waals surface area contributed by atoms with Crippen molar-refractivity contribution >= 4 is 0 Å². The summed E-state index contributed by atoms with van der Waals surface area (Å²) in [5.41, 5.74) is 1.23. The van der Waals surface area contributed by atoms with E-state index in [1.807, 2.05) is 12.1 Å². The van der Waals surface area contributed by atoms with Crippen molar-refractivity contribution in [1.29, 1.82) is 0 Å². The SMILES string of the molecule is COc1ccc(CN(C)C(C)C)cc1OC. The van der Waals surface area contributed by atoms with Gasteiger partial charge < -0.3 is 9.47 Å². The maximum Gasteiger partial charge on any atom is 0.161 e. The topological polar surface area (TPSA) is 21.7 Å². The fraction of sp³-hybridized carbons (Fsp3) is 0.538. The largest absolute Gasteiger partial charge is 0.493 e. The van der Waals surface area contributed by atoms with Gasteiger partial charge in [-0.25, -0.2) is 0 Å². The normalized spacial score (nSPS) is 10.9. The molecule has 0 spiro atoms. The predicted octanol–water partition coefficient (Wildman–Crippen LogP) is 2.54. The Bertz CT molecular complexity index is 337. The van der Waals surface area contributed by atoms with Gasteiger partial charge in [-0.2, -0.15) is 0 Å². The van der Waals surface area contributed by atoms with Gasteiger partial charge in [0.1, 0.15) is 0 Å². The Morgan fingerprint density at radius 3 is 2.25 bits per heavy atom. The lowest BCUT2D eigenvalue weighted by Crippen LogP contribution is -2.25. The number of nitrogens with zero attached hydrogens (tertiary/aromatic N) is 1. The van der Waals surface area contributed by atoms with Crippen molar-refractivity contribution in [2.24, 2.45) is 0 Å². The second kappa shape index (κ2) is 5.75. The smallest absolute Gasteiger partial charge is 0.161 e. The zero-order valence-electron chi connectivity index (χ0n) is 10.8. The van der Waals surface area contributed by atoms with Crippen LogP contribution in [0.4, 0.5) is 0 Å². The molecule has 0 aliphatic carbocycles. The first-order valence-electron chi connectivity index (χ1n) is 5.49. The summed E-state index contributed by atoms with van der Waals surface area (Å²) >= 11 is 0. The van der Waals surface area contributed by atoms with Gasteiger partial charge in [-0.15, -0.1) is 0 Å². The lowest BCUT2D eigenvalue weighted by Gasteiger charge is -2.21. The molecule has 0 radical (unpaired) electrons. The molecule has 0 atom stereocenters. The Balaban J connectivity index is 2.82. The molecule has 0 unspecified atom stereocenters. The first kappa shape index (κ1) is 12.8. The van der Waals surface area contributed by atoms with Crippen molar-refractivity contribution in [1.82, 2.24) is 4.90 Å². The molecule has 1 rings (SSSR count). The fourth-order valence-corrected chi connectivity index (χ4v) is 1.45. The Hall–Kier alpha value is -1.22. The summed E-state index contributed by atoms with van der Waals surface area (Å²) < 4.78 is 10.5. The summed E-state index contributed by atoms with van der Waals surface area (Å²) in [5, 5.41) is 0. The lowest BCUT2D eigenvalue weighted by molar-refractivity contribution is 0.265. The molecule has 0 aliphatic heterocycles. The molecule has 1 aromatic carbocycles. The minimum absolute atomic E-state index is 0.535. The molecule has 0 saturated heterocycles. The van der Waals surface area contributed by atoms with Gasteiger partial charge in [0.2, 0.25) is 0 Å². The van der Waals surface area contributed by atoms with E-state index in [4.69, 9.17) is 9.47 Å². The van der Waals surface area contributed by atoms with Crippen LogP contribution in [0.5, 0.6) is 11.5 Å². The van der Waals surface area contributed by atoms with E-state index in [2.05, 4.69) is 31.9 Å². The third kappa shape index (κ3) is 3.14. The van der Waals surface area contributed by atoms with Crippen LogP contribution in [0.1, 0.15) is 19.4 Å². The monoisotopic (exact) mass is 223 g/mol. The minimum atomic E-state index is 0.535. The van der Waals surface area contributed by atoms with E-state index in [0.717, 1.165) is 18.0 Å². The Morgan fingerprint density at radius 2 is 1.75 bits per heavy atom. The zero-order chi connectivity index (χ0) is 12.1. The van der Waals surface area contributed by atoms with Gasteiger partial charge in [0.15, 0.2) is 11.5 Å². The zero-order valence-corrected chi connectivity index (χ0v) is 10.8. The Labute approximate surface area is 98.0 Å². The fourth-order valence-electron chi connectivity index (χ4n) is 1.45. The first-order valence-corrected chi connectivity index (χ1v) is 5.49. The van der Waals surface area contributed by atoms with Crippen LogP contribution in [0.25, 0.3) is 0 Å². The van der Waals surface area contributed by atoms with Gasteiger partial charge in [-0.05, 0) is 38.6 Å². The van der Waals surface area contributed by atoms with Gasteiger partial charge in [-0.1, -0.05) is 6.07 Å². The average molecular weight is 223 g/mol. The van der Waals surface area contributed by atoms with E-state index >= 15 is 0 Å². The molecule has 0 N–H and O–H groups in total. The number of ether oxygens (including phenoxy) is 2. The van der Waals surface area contributed by atoms with Gasteiger partial charge in [0.25, 0.3) is 0 Å². The molecule has 3 heteroatoms. The van der Waals surface area contributed by atoms with Crippen LogP contribution in [0, 0.1) is 0 Å². The van der Waals surface area contributed by atoms with Crippen molar-refractivity contribution in [3.63, 3.8) is 0 Å². The number of benzene rings is 1. The standard InChI is InChI=1S/C13H21NO2/c1-10(2)14(3)9-11-6-7-12(15-4)13(8-11)16-5/h6-8,10H,9H2,1-5H3. The molecule has 0 amide bonds. The molecular formula is C13H21NO2. The Morgan fingerprint density at radius 1 is 1.12 bits per heavy atom. The van der Waals surface area contributed by atoms with Crippen molar-refractivity contribution in [3.05, 3.63) is 23.8 Å². The van der Waals surface area contributed by atoms with Gasteiger partial charge in [0, 0.05) is 12.6 Å². The number of rotatable bonds is 5. The molecule has 0 heterocycles. The van der Waals surface area contributed by atoms with E-state index in [9.17, 15) is 0 Å². The highest BCUT2D eigenvalue weighted by atomic mass is 16.5. The van der Waals surface area contributed by atoms with Crippen LogP contribution >= 0.6 is 0 Å². The third-order valence-electron chi connectivity index (χ3n) is 2.76. The van der Waals surface area contributed by atoms with E-state index in [-0.39, 0.29) is 0 Å². The minimum Gasteiger partial charge on any atom is -0.493 e. The summed E-state index contributed by atoms with van der Waals surface area (Å²) in [4.78, 5) is 2.28. The highest BCUT2D eigenvalue weighted by Crippen LogP contribution is 2.27. The van der Waals surface area contributed by atoms with Gasteiger partial charge in [0.05, 0.1) is 14.2 Å². The molecule has 90 valence electrons. The molecule has 0 aliphatic rings. The number of hydrogen-bond acceptors (Lipinski definition) is 3. The van der Waals surface area contributed by atoms with E-state index < -0.39 is 0 Å². The molecular weight excluding hydrogens is 202 g/mol. The lowest BCUT2D eigenvalue weighted by atomic mass is 10.1. The molecule has 0 aromatic heterocycles. The van der Waals surface area contributed by atoms with Crippen LogP contribution in [-0.4, -0.2) is 32.2 Å². The maximum atomic E-state index is 5.28. The summed E-state index contributed by atoms with van der Waals surface area (Å²) in [7, 11) is 5.42. The number of hydrogen-bond donors (Lipinski definition) is 0. The summed E-state index contributed by atoms with van der Waals surface area (Å²) in [6, 6.07) is 6.58. The average Bonchev–Trinajstić information content (AvgIpc) is 2.28. The highest BCUT2D eigenvalue weighted by molar-refractivity contribution is 5.42. The van der Waals surface area contributed by atoms with Crippen LogP contribution in [-0.2, 0) is 6.54 Å².